The van der Waals surface area contributed by atoms with Crippen molar-refractivity contribution in [3.8, 4) is 5.75 Å². The van der Waals surface area contributed by atoms with Crippen molar-refractivity contribution in [2.45, 2.75) is 57.3 Å². The molecule has 1 heterocycles. The maximum atomic E-state index is 13.5. The number of halogens is 2. The zero-order valence-electron chi connectivity index (χ0n) is 17.0. The van der Waals surface area contributed by atoms with Crippen molar-refractivity contribution in [3.63, 3.8) is 0 Å². The Morgan fingerprint density at radius 3 is 2.53 bits per heavy atom. The van der Waals surface area contributed by atoms with E-state index in [1.54, 1.807) is 0 Å². The van der Waals surface area contributed by atoms with Crippen LogP contribution in [-0.2, 0) is 14.4 Å². The normalized spacial score (nSPS) is 34.7. The number of rotatable bonds is 6. The molecule has 2 saturated carbocycles. The fraction of sp³-hybridized carbons (Fsp3) is 0.619. The largest absolute Gasteiger partial charge is 0.484 e. The molecule has 1 aromatic rings. The summed E-state index contributed by atoms with van der Waals surface area (Å²) < 4.78 is 18.9. The van der Waals surface area contributed by atoms with Gasteiger partial charge in [0.25, 0.3) is 5.91 Å². The highest BCUT2D eigenvalue weighted by Crippen LogP contribution is 2.47. The van der Waals surface area contributed by atoms with Gasteiger partial charge in [0.15, 0.2) is 6.61 Å². The molecule has 7 atom stereocenters. The van der Waals surface area contributed by atoms with Gasteiger partial charge in [-0.3, -0.25) is 14.4 Å². The maximum absolute atomic E-state index is 13.5. The summed E-state index contributed by atoms with van der Waals surface area (Å²) in [5, 5.41) is 6.18. The molecule has 3 N–H and O–H groups in total. The van der Waals surface area contributed by atoms with Gasteiger partial charge in [-0.05, 0) is 50.2 Å². The van der Waals surface area contributed by atoms with Gasteiger partial charge in [-0.25, -0.2) is 4.39 Å². The van der Waals surface area contributed by atoms with Gasteiger partial charge in [-0.1, -0.05) is 18.5 Å². The van der Waals surface area contributed by atoms with Crippen LogP contribution in [0, 0.1) is 23.6 Å². The summed E-state index contributed by atoms with van der Waals surface area (Å²) in [6.07, 6.45) is 2.76. The molecule has 2 amide bonds. The van der Waals surface area contributed by atoms with Gasteiger partial charge < -0.3 is 15.4 Å². The van der Waals surface area contributed by atoms with E-state index in [0.29, 0.717) is 18.3 Å². The fourth-order valence-corrected chi connectivity index (χ4v) is 4.82. The molecule has 9 heteroatoms. The Labute approximate surface area is 180 Å². The number of hydrogen-bond donors (Lipinski definition) is 3. The van der Waals surface area contributed by atoms with Crippen molar-refractivity contribution in [3.05, 3.63) is 29.0 Å². The Kier molecular flexibility index (Phi) is 6.18. The summed E-state index contributed by atoms with van der Waals surface area (Å²) in [6, 6.07) is 3.74. The molecule has 0 radical (unpaired) electrons. The van der Waals surface area contributed by atoms with Gasteiger partial charge >= 0.3 is 0 Å². The van der Waals surface area contributed by atoms with E-state index in [4.69, 9.17) is 21.2 Å². The summed E-state index contributed by atoms with van der Waals surface area (Å²) in [7, 11) is 0. The zero-order valence-corrected chi connectivity index (χ0v) is 17.7. The van der Waals surface area contributed by atoms with Crippen LogP contribution in [0.4, 0.5) is 4.39 Å². The number of hydroxylamine groups is 1. The molecule has 1 aromatic carbocycles. The summed E-state index contributed by atoms with van der Waals surface area (Å²) in [5.74, 6) is 0.168. The second kappa shape index (κ2) is 8.69. The van der Waals surface area contributed by atoms with Crippen LogP contribution in [0.15, 0.2) is 18.2 Å². The van der Waals surface area contributed by atoms with E-state index in [0.717, 1.165) is 18.9 Å². The van der Waals surface area contributed by atoms with E-state index < -0.39 is 5.82 Å². The quantitative estimate of drug-likeness (QED) is 0.632. The predicted molar refractivity (Wildman–Crippen MR) is 108 cm³/mol. The first-order valence-electron chi connectivity index (χ1n) is 10.4. The smallest absolute Gasteiger partial charge is 0.258 e. The van der Waals surface area contributed by atoms with Gasteiger partial charge in [-0.15, -0.1) is 0 Å². The minimum Gasteiger partial charge on any atom is -0.484 e. The molecule has 0 bridgehead atoms. The summed E-state index contributed by atoms with van der Waals surface area (Å²) in [4.78, 5) is 30.4. The molecule has 1 aliphatic heterocycles. The Balaban J connectivity index is 1.27. The lowest BCUT2D eigenvalue weighted by Gasteiger charge is -2.36. The lowest BCUT2D eigenvalue weighted by molar-refractivity contribution is -0.126. The van der Waals surface area contributed by atoms with Crippen LogP contribution in [0.3, 0.4) is 0 Å². The standard InChI is InChI=1S/C21H27ClFN3O4/c1-10-11(2)30-26-20(10)21(28)25-18-8-17(13-4-5-14(13)18)24-19(27)9-29-12-3-6-15(22)16(23)7-12/h3,6-7,10-11,13-14,17-18,20,26H,4-5,8-9H2,1-2H3,(H,24,27)(H,25,28)/t10?,11?,13?,14?,17-,18?,20?/m0/s1. The molecular formula is C21H27ClFN3O4. The van der Waals surface area contributed by atoms with Gasteiger partial charge in [0.2, 0.25) is 5.91 Å². The van der Waals surface area contributed by atoms with Crippen molar-refractivity contribution >= 4 is 23.4 Å². The molecule has 0 spiro atoms. The number of carbonyl (C=O) groups excluding carboxylic acids is 2. The minimum absolute atomic E-state index is 0.00348. The molecule has 7 nitrogen and oxygen atoms in total. The maximum Gasteiger partial charge on any atom is 0.258 e. The lowest BCUT2D eigenvalue weighted by atomic mass is 9.73. The molecule has 0 aromatic heterocycles. The van der Waals surface area contributed by atoms with Gasteiger partial charge in [0.1, 0.15) is 17.6 Å². The Morgan fingerprint density at radius 1 is 1.23 bits per heavy atom. The summed E-state index contributed by atoms with van der Waals surface area (Å²) in [6.45, 7) is 3.73. The third-order valence-electron chi connectivity index (χ3n) is 6.79. The molecule has 1 saturated heterocycles. The van der Waals surface area contributed by atoms with E-state index in [9.17, 15) is 14.0 Å². The number of hydrogen-bond acceptors (Lipinski definition) is 5. The minimum atomic E-state index is -0.591. The van der Waals surface area contributed by atoms with Crippen LogP contribution in [0.2, 0.25) is 5.02 Å². The van der Waals surface area contributed by atoms with Gasteiger partial charge in [0, 0.05) is 24.1 Å². The molecule has 3 aliphatic rings. The number of benzene rings is 1. The highest BCUT2D eigenvalue weighted by Gasteiger charge is 2.50. The monoisotopic (exact) mass is 439 g/mol. The second-order valence-corrected chi connectivity index (χ2v) is 8.98. The molecule has 30 heavy (non-hydrogen) atoms. The molecule has 164 valence electrons. The Hall–Kier alpha value is -1.90. The Morgan fingerprint density at radius 2 is 1.93 bits per heavy atom. The molecule has 3 fully saturated rings. The highest BCUT2D eigenvalue weighted by molar-refractivity contribution is 6.30. The van der Waals surface area contributed by atoms with Crippen LogP contribution >= 0.6 is 11.6 Å². The summed E-state index contributed by atoms with van der Waals surface area (Å²) in [5.41, 5.74) is 2.82. The van der Waals surface area contributed by atoms with Crippen LogP contribution < -0.4 is 20.9 Å². The van der Waals surface area contributed by atoms with Crippen molar-refractivity contribution in [2.24, 2.45) is 17.8 Å². The number of carbonyl (C=O) groups is 2. The fourth-order valence-electron chi connectivity index (χ4n) is 4.70. The highest BCUT2D eigenvalue weighted by atomic mass is 35.5. The molecular weight excluding hydrogens is 413 g/mol. The van der Waals surface area contributed by atoms with E-state index in [1.807, 2.05) is 13.8 Å². The first kappa shape index (κ1) is 21.3. The first-order valence-corrected chi connectivity index (χ1v) is 10.8. The van der Waals surface area contributed by atoms with Crippen molar-refractivity contribution < 1.29 is 23.6 Å². The Bertz CT molecular complexity index is 825. The molecule has 4 rings (SSSR count). The van der Waals surface area contributed by atoms with Gasteiger partial charge in [-0.2, -0.15) is 5.48 Å². The molecule has 6 unspecified atom stereocenters. The number of fused-ring (bicyclic) bond motifs is 1. The average molecular weight is 440 g/mol. The van der Waals surface area contributed by atoms with Crippen molar-refractivity contribution in [1.29, 1.82) is 0 Å². The number of ether oxygens (including phenoxy) is 1. The predicted octanol–water partition coefficient (Wildman–Crippen LogP) is 2.19. The third kappa shape index (κ3) is 4.26. The lowest BCUT2D eigenvalue weighted by Crippen LogP contribution is -2.49. The van der Waals surface area contributed by atoms with Crippen LogP contribution in [0.5, 0.6) is 5.75 Å². The average Bonchev–Trinajstić information content (AvgIpc) is 3.11. The number of nitrogens with one attached hydrogen (secondary N) is 3. The van der Waals surface area contributed by atoms with Crippen molar-refractivity contribution in [1.82, 2.24) is 16.1 Å². The SMILES string of the molecule is CC1ONC(C(=O)NC2C[C@H](NC(=O)COc3ccc(Cl)c(F)c3)C3CCC23)C1C. The zero-order chi connectivity index (χ0) is 21.4. The topological polar surface area (TPSA) is 88.7 Å². The van der Waals surface area contributed by atoms with E-state index in [1.165, 1.54) is 12.1 Å². The van der Waals surface area contributed by atoms with E-state index >= 15 is 0 Å². The van der Waals surface area contributed by atoms with E-state index in [2.05, 4.69) is 16.1 Å². The van der Waals surface area contributed by atoms with Gasteiger partial charge in [0.05, 0.1) is 11.1 Å². The summed E-state index contributed by atoms with van der Waals surface area (Å²) >= 11 is 5.65. The van der Waals surface area contributed by atoms with Crippen LogP contribution in [-0.4, -0.2) is 42.7 Å². The first-order chi connectivity index (χ1) is 14.3. The second-order valence-electron chi connectivity index (χ2n) is 8.57. The van der Waals surface area contributed by atoms with Crippen LogP contribution in [0.1, 0.15) is 33.1 Å². The third-order valence-corrected chi connectivity index (χ3v) is 7.10. The van der Waals surface area contributed by atoms with Crippen LogP contribution in [0.25, 0.3) is 0 Å². The number of amides is 2. The molecule has 2 aliphatic carbocycles. The van der Waals surface area contributed by atoms with E-state index in [-0.39, 0.29) is 59.3 Å². The van der Waals surface area contributed by atoms with Crippen molar-refractivity contribution in [2.75, 3.05) is 6.61 Å².